The molecule has 1 aromatic heterocycles. The van der Waals surface area contributed by atoms with Crippen molar-refractivity contribution in [3.63, 3.8) is 0 Å². The van der Waals surface area contributed by atoms with E-state index in [1.165, 1.54) is 37.9 Å². The molecule has 0 aliphatic carbocycles. The van der Waals surface area contributed by atoms with Crippen molar-refractivity contribution in [2.75, 3.05) is 6.54 Å². The normalized spacial score (nSPS) is 22.9. The van der Waals surface area contributed by atoms with Gasteiger partial charge in [-0.1, -0.05) is 29.3 Å². The Labute approximate surface area is 125 Å². The predicted octanol–water partition coefficient (Wildman–Crippen LogP) is 3.99. The van der Waals surface area contributed by atoms with E-state index < -0.39 is 0 Å². The lowest BCUT2D eigenvalue weighted by Crippen LogP contribution is -2.40. The van der Waals surface area contributed by atoms with Gasteiger partial charge in [-0.3, -0.25) is 9.58 Å². The summed E-state index contributed by atoms with van der Waals surface area (Å²) in [6.07, 6.45) is 7.39. The molecule has 19 heavy (non-hydrogen) atoms. The number of alkyl halides is 1. The number of nitrogens with zero attached hydrogens (tertiary/aromatic N) is 3. The summed E-state index contributed by atoms with van der Waals surface area (Å²) in [5.41, 5.74) is 1.21. The first-order valence-electron chi connectivity index (χ1n) is 7.48. The summed E-state index contributed by atoms with van der Waals surface area (Å²) in [7, 11) is 0. The van der Waals surface area contributed by atoms with Crippen LogP contribution in [-0.2, 0) is 6.54 Å². The second-order valence-corrected chi connectivity index (χ2v) is 7.58. The van der Waals surface area contributed by atoms with Crippen molar-refractivity contribution in [1.82, 2.24) is 14.7 Å². The Bertz CT molecular complexity index is 386. The maximum absolute atomic E-state index is 4.68. The van der Waals surface area contributed by atoms with E-state index in [1.54, 1.807) is 0 Å². The Hall–Kier alpha value is -0.350. The van der Waals surface area contributed by atoms with Gasteiger partial charge in [-0.2, -0.15) is 5.10 Å². The summed E-state index contributed by atoms with van der Waals surface area (Å²) < 4.78 is 2.06. The zero-order chi connectivity index (χ0) is 13.8. The minimum absolute atomic E-state index is 0.452. The molecule has 1 saturated heterocycles. The highest BCUT2D eigenvalue weighted by molar-refractivity contribution is 9.09. The molecule has 1 aromatic rings. The van der Waals surface area contributed by atoms with Gasteiger partial charge in [-0.25, -0.2) is 0 Å². The van der Waals surface area contributed by atoms with Crippen molar-refractivity contribution in [1.29, 1.82) is 0 Å². The van der Waals surface area contributed by atoms with E-state index in [1.807, 2.05) is 0 Å². The van der Waals surface area contributed by atoms with Crippen LogP contribution in [0.1, 0.15) is 58.2 Å². The molecule has 0 radical (unpaired) electrons. The standard InChI is InChI=1S/C15H26BrN3/c1-12(2)19-9-7-14(17-19)11-18-8-5-4-6-15(18)10-13(3)16/h7,9,12-13,15H,4-6,8,10-11H2,1-3H3. The number of hydrogen-bond acceptors (Lipinski definition) is 2. The van der Waals surface area contributed by atoms with Crippen LogP contribution < -0.4 is 0 Å². The van der Waals surface area contributed by atoms with Crippen molar-refractivity contribution in [3.05, 3.63) is 18.0 Å². The maximum Gasteiger partial charge on any atom is 0.0764 e. The van der Waals surface area contributed by atoms with Crippen LogP contribution >= 0.6 is 15.9 Å². The molecule has 0 saturated carbocycles. The Morgan fingerprint density at radius 3 is 2.79 bits per heavy atom. The van der Waals surface area contributed by atoms with Gasteiger partial charge in [0.05, 0.1) is 5.69 Å². The summed E-state index contributed by atoms with van der Waals surface area (Å²) in [5.74, 6) is 0. The fourth-order valence-electron chi connectivity index (χ4n) is 2.87. The number of likely N-dealkylation sites (tertiary alicyclic amines) is 1. The molecule has 1 fully saturated rings. The summed E-state index contributed by atoms with van der Waals surface area (Å²) >= 11 is 3.70. The number of hydrogen-bond donors (Lipinski definition) is 0. The fraction of sp³-hybridized carbons (Fsp3) is 0.800. The molecular formula is C15H26BrN3. The lowest BCUT2D eigenvalue weighted by Gasteiger charge is -2.36. The minimum atomic E-state index is 0.452. The van der Waals surface area contributed by atoms with E-state index in [0.29, 0.717) is 16.9 Å². The molecule has 108 valence electrons. The topological polar surface area (TPSA) is 21.1 Å². The molecule has 2 atom stereocenters. The molecular weight excluding hydrogens is 302 g/mol. The van der Waals surface area contributed by atoms with Gasteiger partial charge in [0.1, 0.15) is 0 Å². The largest absolute Gasteiger partial charge is 0.294 e. The molecule has 2 unspecified atom stereocenters. The van der Waals surface area contributed by atoms with E-state index in [-0.39, 0.29) is 0 Å². The molecule has 0 amide bonds. The van der Waals surface area contributed by atoms with Gasteiger partial charge >= 0.3 is 0 Å². The number of rotatable bonds is 5. The quantitative estimate of drug-likeness (QED) is 0.762. The number of halogens is 1. The first kappa shape index (κ1) is 15.0. The van der Waals surface area contributed by atoms with E-state index in [2.05, 4.69) is 63.6 Å². The van der Waals surface area contributed by atoms with Gasteiger partial charge < -0.3 is 0 Å². The lowest BCUT2D eigenvalue weighted by molar-refractivity contribution is 0.131. The molecule has 2 rings (SSSR count). The van der Waals surface area contributed by atoms with Gasteiger partial charge in [0.2, 0.25) is 0 Å². The first-order chi connectivity index (χ1) is 9.06. The average molecular weight is 328 g/mol. The summed E-state index contributed by atoms with van der Waals surface area (Å²) in [5, 5.41) is 4.68. The van der Waals surface area contributed by atoms with E-state index in [9.17, 15) is 0 Å². The molecule has 0 spiro atoms. The third kappa shape index (κ3) is 4.32. The van der Waals surface area contributed by atoms with Crippen molar-refractivity contribution in [3.8, 4) is 0 Å². The number of aromatic nitrogens is 2. The molecule has 0 bridgehead atoms. The molecule has 0 N–H and O–H groups in total. The molecule has 1 aliphatic rings. The van der Waals surface area contributed by atoms with Crippen LogP contribution in [-0.4, -0.2) is 32.1 Å². The first-order valence-corrected chi connectivity index (χ1v) is 8.40. The molecule has 4 heteroatoms. The molecule has 2 heterocycles. The highest BCUT2D eigenvalue weighted by Gasteiger charge is 2.24. The van der Waals surface area contributed by atoms with Crippen LogP contribution in [0.5, 0.6) is 0 Å². The van der Waals surface area contributed by atoms with Crippen LogP contribution in [0.15, 0.2) is 12.3 Å². The van der Waals surface area contributed by atoms with E-state index >= 15 is 0 Å². The van der Waals surface area contributed by atoms with E-state index in [4.69, 9.17) is 0 Å². The number of piperidine rings is 1. The van der Waals surface area contributed by atoms with Gasteiger partial charge in [-0.05, 0) is 45.7 Å². The zero-order valence-corrected chi connectivity index (χ0v) is 13.9. The monoisotopic (exact) mass is 327 g/mol. The predicted molar refractivity (Wildman–Crippen MR) is 83.7 cm³/mol. The van der Waals surface area contributed by atoms with Crippen molar-refractivity contribution in [2.24, 2.45) is 0 Å². The van der Waals surface area contributed by atoms with Crippen LogP contribution in [0.4, 0.5) is 0 Å². The highest BCUT2D eigenvalue weighted by atomic mass is 79.9. The Morgan fingerprint density at radius 2 is 2.16 bits per heavy atom. The third-order valence-corrected chi connectivity index (χ3v) is 4.28. The summed E-state index contributed by atoms with van der Waals surface area (Å²) in [6.45, 7) is 8.82. The van der Waals surface area contributed by atoms with E-state index in [0.717, 1.165) is 6.54 Å². The van der Waals surface area contributed by atoms with Crippen LogP contribution in [0.2, 0.25) is 0 Å². The maximum atomic E-state index is 4.68. The fourth-order valence-corrected chi connectivity index (χ4v) is 3.30. The smallest absolute Gasteiger partial charge is 0.0764 e. The van der Waals surface area contributed by atoms with Gasteiger partial charge in [0.15, 0.2) is 0 Å². The summed E-state index contributed by atoms with van der Waals surface area (Å²) in [4.78, 5) is 3.22. The van der Waals surface area contributed by atoms with Crippen LogP contribution in [0.25, 0.3) is 0 Å². The Kier molecular flexibility index (Phi) is 5.46. The minimum Gasteiger partial charge on any atom is -0.294 e. The molecule has 1 aliphatic heterocycles. The van der Waals surface area contributed by atoms with Gasteiger partial charge in [0.25, 0.3) is 0 Å². The molecule has 0 aromatic carbocycles. The van der Waals surface area contributed by atoms with Crippen molar-refractivity contribution < 1.29 is 0 Å². The molecule has 3 nitrogen and oxygen atoms in total. The SMILES string of the molecule is CC(Br)CC1CCCCN1Cc1ccn(C(C)C)n1. The lowest BCUT2D eigenvalue weighted by atomic mass is 9.98. The Morgan fingerprint density at radius 1 is 1.37 bits per heavy atom. The second kappa shape index (κ2) is 6.89. The van der Waals surface area contributed by atoms with Crippen molar-refractivity contribution >= 4 is 15.9 Å². The zero-order valence-electron chi connectivity index (χ0n) is 12.3. The van der Waals surface area contributed by atoms with Gasteiger partial charge in [-0.15, -0.1) is 0 Å². The Balaban J connectivity index is 1.98. The van der Waals surface area contributed by atoms with Crippen LogP contribution in [0.3, 0.4) is 0 Å². The van der Waals surface area contributed by atoms with Crippen LogP contribution in [0, 0.1) is 0 Å². The third-order valence-electron chi connectivity index (χ3n) is 3.90. The summed E-state index contributed by atoms with van der Waals surface area (Å²) in [6, 6.07) is 3.34. The van der Waals surface area contributed by atoms with Gasteiger partial charge in [0, 0.05) is 29.7 Å². The van der Waals surface area contributed by atoms with Crippen molar-refractivity contribution in [2.45, 2.75) is 69.9 Å². The second-order valence-electron chi connectivity index (χ2n) is 6.02. The average Bonchev–Trinajstić information content (AvgIpc) is 2.80. The highest BCUT2D eigenvalue weighted by Crippen LogP contribution is 2.24.